The van der Waals surface area contributed by atoms with Gasteiger partial charge in [0.15, 0.2) is 5.82 Å². The molecule has 2 aliphatic rings. The Morgan fingerprint density at radius 1 is 1.19 bits per heavy atom. The lowest BCUT2D eigenvalue weighted by Gasteiger charge is -2.33. The van der Waals surface area contributed by atoms with Gasteiger partial charge >= 0.3 is 0 Å². The van der Waals surface area contributed by atoms with Crippen LogP contribution in [0.5, 0.6) is 0 Å². The van der Waals surface area contributed by atoms with Crippen LogP contribution in [-0.4, -0.2) is 48.2 Å². The highest BCUT2D eigenvalue weighted by molar-refractivity contribution is 5.79. The molecule has 2 fully saturated rings. The zero-order valence-corrected chi connectivity index (χ0v) is 15.5. The van der Waals surface area contributed by atoms with Crippen molar-refractivity contribution in [2.75, 3.05) is 31.1 Å². The second-order valence-corrected chi connectivity index (χ2v) is 7.27. The highest BCUT2D eigenvalue weighted by Gasteiger charge is 2.27. The molecule has 1 aromatic heterocycles. The van der Waals surface area contributed by atoms with Crippen LogP contribution >= 0.6 is 0 Å². The van der Waals surface area contributed by atoms with Crippen molar-refractivity contribution in [1.29, 1.82) is 0 Å². The van der Waals surface area contributed by atoms with Gasteiger partial charge in [-0.2, -0.15) is 0 Å². The largest absolute Gasteiger partial charge is 0.376 e. The summed E-state index contributed by atoms with van der Waals surface area (Å²) >= 11 is 0. The van der Waals surface area contributed by atoms with E-state index in [-0.39, 0.29) is 17.9 Å². The molecule has 0 saturated carbocycles. The molecule has 1 aromatic carbocycles. The number of benzene rings is 1. The first-order chi connectivity index (χ1) is 13.3. The van der Waals surface area contributed by atoms with E-state index in [9.17, 15) is 4.79 Å². The van der Waals surface area contributed by atoms with Gasteiger partial charge in [-0.15, -0.1) is 0 Å². The highest BCUT2D eigenvalue weighted by atomic mass is 16.5. The van der Waals surface area contributed by atoms with Gasteiger partial charge in [0.2, 0.25) is 5.91 Å². The Hall–Kier alpha value is -2.47. The summed E-state index contributed by atoms with van der Waals surface area (Å²) in [6.07, 6.45) is 6.03. The Morgan fingerprint density at radius 3 is 2.89 bits per heavy atom. The van der Waals surface area contributed by atoms with E-state index in [4.69, 9.17) is 9.72 Å². The Labute approximate surface area is 160 Å². The van der Waals surface area contributed by atoms with Crippen LogP contribution in [0.2, 0.25) is 0 Å². The van der Waals surface area contributed by atoms with Gasteiger partial charge in [0, 0.05) is 38.0 Å². The van der Waals surface area contributed by atoms with Crippen molar-refractivity contribution in [1.82, 2.24) is 15.3 Å². The maximum Gasteiger partial charge on any atom is 0.224 e. The molecule has 6 nitrogen and oxygen atoms in total. The third kappa shape index (κ3) is 4.45. The second kappa shape index (κ2) is 8.48. The molecule has 0 aliphatic carbocycles. The van der Waals surface area contributed by atoms with Crippen molar-refractivity contribution < 1.29 is 9.53 Å². The highest BCUT2D eigenvalue weighted by Crippen LogP contribution is 2.24. The lowest BCUT2D eigenvalue weighted by Crippen LogP contribution is -2.45. The van der Waals surface area contributed by atoms with Gasteiger partial charge in [0.25, 0.3) is 0 Å². The number of hydrogen-bond donors (Lipinski definition) is 1. The number of piperidine rings is 1. The van der Waals surface area contributed by atoms with Gasteiger partial charge in [0.1, 0.15) is 5.82 Å². The van der Waals surface area contributed by atoms with Crippen LogP contribution in [0.3, 0.4) is 0 Å². The van der Waals surface area contributed by atoms with Crippen LogP contribution in [0.4, 0.5) is 5.82 Å². The van der Waals surface area contributed by atoms with E-state index in [1.165, 1.54) is 0 Å². The molecule has 142 valence electrons. The zero-order valence-electron chi connectivity index (χ0n) is 15.5. The summed E-state index contributed by atoms with van der Waals surface area (Å²) in [6, 6.07) is 11.9. The summed E-state index contributed by atoms with van der Waals surface area (Å²) in [6.45, 7) is 3.06. The monoisotopic (exact) mass is 366 g/mol. The first-order valence-corrected chi connectivity index (χ1v) is 9.82. The molecule has 27 heavy (non-hydrogen) atoms. The summed E-state index contributed by atoms with van der Waals surface area (Å²) in [4.78, 5) is 23.9. The van der Waals surface area contributed by atoms with Crippen molar-refractivity contribution >= 4 is 11.7 Å². The quantitative estimate of drug-likeness (QED) is 0.881. The van der Waals surface area contributed by atoms with E-state index >= 15 is 0 Å². The minimum Gasteiger partial charge on any atom is -0.376 e. The lowest BCUT2D eigenvalue weighted by molar-refractivity contribution is -0.125. The molecule has 0 radical (unpaired) electrons. The standard InChI is InChI=1S/C21H26N4O2/c26-21(23-14-18-9-5-13-27-18)17-8-4-12-25(15-17)19-10-11-22-20(24-19)16-6-2-1-3-7-16/h1-3,6-7,10-11,17-18H,4-5,8-9,12-15H2,(H,23,26)/t17-,18-/m1/s1. The summed E-state index contributed by atoms with van der Waals surface area (Å²) in [5, 5.41) is 3.08. The van der Waals surface area contributed by atoms with Crippen molar-refractivity contribution in [2.45, 2.75) is 31.8 Å². The SMILES string of the molecule is O=C(NC[C@H]1CCCO1)[C@@H]1CCCN(c2ccnc(-c3ccccc3)n2)C1. The summed E-state index contributed by atoms with van der Waals surface area (Å²) in [5.74, 6) is 1.74. The number of carbonyl (C=O) groups is 1. The van der Waals surface area contributed by atoms with Crippen molar-refractivity contribution in [3.63, 3.8) is 0 Å². The van der Waals surface area contributed by atoms with E-state index in [0.29, 0.717) is 13.1 Å². The fraction of sp³-hybridized carbons (Fsp3) is 0.476. The molecule has 3 heterocycles. The van der Waals surface area contributed by atoms with Crippen LogP contribution in [0, 0.1) is 5.92 Å². The Morgan fingerprint density at radius 2 is 2.07 bits per heavy atom. The minimum atomic E-state index is -0.00436. The number of aromatic nitrogens is 2. The number of rotatable bonds is 5. The average molecular weight is 366 g/mol. The molecule has 2 saturated heterocycles. The van der Waals surface area contributed by atoms with Crippen molar-refractivity contribution in [3.8, 4) is 11.4 Å². The molecule has 2 atom stereocenters. The van der Waals surface area contributed by atoms with Gasteiger partial charge in [-0.1, -0.05) is 30.3 Å². The van der Waals surface area contributed by atoms with Gasteiger partial charge in [0.05, 0.1) is 12.0 Å². The molecule has 6 heteroatoms. The van der Waals surface area contributed by atoms with Crippen LogP contribution in [0.25, 0.3) is 11.4 Å². The third-order valence-electron chi connectivity index (χ3n) is 5.32. The van der Waals surface area contributed by atoms with E-state index in [2.05, 4.69) is 15.2 Å². The molecule has 1 amide bonds. The predicted molar refractivity (Wildman–Crippen MR) is 104 cm³/mol. The van der Waals surface area contributed by atoms with E-state index < -0.39 is 0 Å². The average Bonchev–Trinajstić information content (AvgIpc) is 3.26. The fourth-order valence-electron chi connectivity index (χ4n) is 3.81. The molecule has 0 bridgehead atoms. The molecule has 0 unspecified atom stereocenters. The summed E-state index contributed by atoms with van der Waals surface area (Å²) in [5.41, 5.74) is 1.00. The predicted octanol–water partition coefficient (Wildman–Crippen LogP) is 2.66. The smallest absolute Gasteiger partial charge is 0.224 e. The maximum atomic E-state index is 12.6. The fourth-order valence-corrected chi connectivity index (χ4v) is 3.81. The molecule has 2 aliphatic heterocycles. The summed E-state index contributed by atoms with van der Waals surface area (Å²) in [7, 11) is 0. The minimum absolute atomic E-state index is 0.00436. The van der Waals surface area contributed by atoms with Crippen LogP contribution in [0.1, 0.15) is 25.7 Å². The van der Waals surface area contributed by atoms with E-state index in [1.54, 1.807) is 6.20 Å². The Bertz CT molecular complexity index is 762. The number of carbonyl (C=O) groups excluding carboxylic acids is 1. The van der Waals surface area contributed by atoms with Gasteiger partial charge < -0.3 is 15.0 Å². The zero-order chi connectivity index (χ0) is 18.5. The Kier molecular flexibility index (Phi) is 5.63. The van der Waals surface area contributed by atoms with Crippen LogP contribution < -0.4 is 10.2 Å². The summed E-state index contributed by atoms with van der Waals surface area (Å²) < 4.78 is 5.59. The van der Waals surface area contributed by atoms with E-state index in [0.717, 1.165) is 56.0 Å². The normalized spacial score (nSPS) is 22.6. The molecule has 1 N–H and O–H groups in total. The van der Waals surface area contributed by atoms with Gasteiger partial charge in [-0.25, -0.2) is 9.97 Å². The molecular formula is C21H26N4O2. The van der Waals surface area contributed by atoms with Crippen LogP contribution in [-0.2, 0) is 9.53 Å². The number of nitrogens with one attached hydrogen (secondary N) is 1. The molecular weight excluding hydrogens is 340 g/mol. The number of nitrogens with zero attached hydrogens (tertiary/aromatic N) is 3. The first-order valence-electron chi connectivity index (χ1n) is 9.82. The van der Waals surface area contributed by atoms with Gasteiger partial charge in [-0.3, -0.25) is 4.79 Å². The second-order valence-electron chi connectivity index (χ2n) is 7.27. The molecule has 2 aromatic rings. The third-order valence-corrected chi connectivity index (χ3v) is 5.32. The first kappa shape index (κ1) is 17.9. The van der Waals surface area contributed by atoms with Gasteiger partial charge in [-0.05, 0) is 31.7 Å². The Balaban J connectivity index is 1.40. The lowest BCUT2D eigenvalue weighted by atomic mass is 9.97. The number of amides is 1. The van der Waals surface area contributed by atoms with Crippen molar-refractivity contribution in [2.24, 2.45) is 5.92 Å². The van der Waals surface area contributed by atoms with Crippen molar-refractivity contribution in [3.05, 3.63) is 42.6 Å². The number of ether oxygens (including phenoxy) is 1. The topological polar surface area (TPSA) is 67.3 Å². The number of anilines is 1. The molecule has 0 spiro atoms. The van der Waals surface area contributed by atoms with Crippen LogP contribution in [0.15, 0.2) is 42.6 Å². The molecule has 4 rings (SSSR count). The maximum absolute atomic E-state index is 12.6. The van der Waals surface area contributed by atoms with E-state index in [1.807, 2.05) is 36.4 Å². The number of hydrogen-bond acceptors (Lipinski definition) is 5.